The predicted molar refractivity (Wildman–Crippen MR) is 92.6 cm³/mol. The number of Topliss-reactive ketones (excluding diaryl/α,β-unsaturated/α-hetero) is 2. The summed E-state index contributed by atoms with van der Waals surface area (Å²) in [6.07, 6.45) is 9.21. The third kappa shape index (κ3) is 2.19. The van der Waals surface area contributed by atoms with Gasteiger partial charge in [0.15, 0.2) is 11.6 Å². The first-order valence-corrected chi connectivity index (χ1v) is 9.42. The van der Waals surface area contributed by atoms with Gasteiger partial charge in [0.05, 0.1) is 0 Å². The minimum absolute atomic E-state index is 0.0218. The van der Waals surface area contributed by atoms with E-state index >= 15 is 0 Å². The number of fused-ring (bicyclic) bond motifs is 5. The lowest BCUT2D eigenvalue weighted by atomic mass is 9.47. The van der Waals surface area contributed by atoms with Crippen LogP contribution in [0.1, 0.15) is 46.0 Å². The summed E-state index contributed by atoms with van der Waals surface area (Å²) in [6, 6.07) is 0. The molecule has 4 rings (SSSR count). The van der Waals surface area contributed by atoms with Gasteiger partial charge < -0.3 is 5.11 Å². The molecule has 6 unspecified atom stereocenters. The van der Waals surface area contributed by atoms with Crippen LogP contribution in [0.5, 0.6) is 0 Å². The summed E-state index contributed by atoms with van der Waals surface area (Å²) in [7, 11) is 0. The molecule has 4 aliphatic rings. The summed E-state index contributed by atoms with van der Waals surface area (Å²) in [5.74, 6) is 0.477. The van der Waals surface area contributed by atoms with Gasteiger partial charge in [-0.1, -0.05) is 25.5 Å². The number of hydrogen-bond acceptors (Lipinski definition) is 4. The fourth-order valence-electron chi connectivity index (χ4n) is 6.67. The molecule has 6 atom stereocenters. The zero-order chi connectivity index (χ0) is 18.0. The summed E-state index contributed by atoms with van der Waals surface area (Å²) >= 11 is 0. The van der Waals surface area contributed by atoms with Crippen LogP contribution >= 0.6 is 0 Å². The molecule has 1 N–H and O–H groups in total. The molecule has 0 saturated heterocycles. The third-order valence-electron chi connectivity index (χ3n) is 7.80. The van der Waals surface area contributed by atoms with E-state index in [4.69, 9.17) is 0 Å². The third-order valence-corrected chi connectivity index (χ3v) is 7.80. The van der Waals surface area contributed by atoms with E-state index in [1.54, 1.807) is 12.2 Å². The van der Waals surface area contributed by atoms with Crippen molar-refractivity contribution < 1.29 is 19.5 Å². The van der Waals surface area contributed by atoms with Crippen molar-refractivity contribution in [2.75, 3.05) is 6.61 Å². The van der Waals surface area contributed by atoms with Crippen molar-refractivity contribution in [2.24, 2.45) is 34.5 Å². The Morgan fingerprint density at radius 1 is 1.24 bits per heavy atom. The topological polar surface area (TPSA) is 71.4 Å². The number of carbonyl (C=O) groups is 3. The molecular weight excluding hydrogens is 316 g/mol. The molecule has 0 aromatic carbocycles. The van der Waals surface area contributed by atoms with Gasteiger partial charge in [-0.2, -0.15) is 0 Å². The van der Waals surface area contributed by atoms with Crippen molar-refractivity contribution in [1.29, 1.82) is 0 Å². The normalized spacial score (nSPS) is 45.5. The van der Waals surface area contributed by atoms with E-state index in [1.807, 2.05) is 6.08 Å². The van der Waals surface area contributed by atoms with E-state index in [0.29, 0.717) is 12.3 Å². The molecule has 3 saturated carbocycles. The van der Waals surface area contributed by atoms with E-state index in [-0.39, 0.29) is 45.9 Å². The van der Waals surface area contributed by atoms with Crippen LogP contribution < -0.4 is 0 Å². The fourth-order valence-corrected chi connectivity index (χ4v) is 6.67. The highest BCUT2D eigenvalue weighted by Gasteiger charge is 2.62. The molecule has 0 heterocycles. The first-order valence-electron chi connectivity index (χ1n) is 9.42. The van der Waals surface area contributed by atoms with Crippen LogP contribution in [0, 0.1) is 34.5 Å². The average Bonchev–Trinajstić information content (AvgIpc) is 2.91. The molecule has 0 aliphatic heterocycles. The molecule has 0 spiro atoms. The molecule has 4 aliphatic carbocycles. The number of carbonyl (C=O) groups excluding carboxylic acids is 3. The number of allylic oxidation sites excluding steroid dienone is 4. The maximum Gasteiger partial charge on any atom is 0.178 e. The molecule has 0 radical (unpaired) electrons. The Balaban J connectivity index is 1.73. The summed E-state index contributed by atoms with van der Waals surface area (Å²) in [4.78, 5) is 37.3. The number of rotatable bonds is 2. The summed E-state index contributed by atoms with van der Waals surface area (Å²) in [6.45, 7) is 3.76. The highest BCUT2D eigenvalue weighted by molar-refractivity contribution is 6.01. The molecule has 134 valence electrons. The van der Waals surface area contributed by atoms with Crippen molar-refractivity contribution >= 4 is 17.3 Å². The van der Waals surface area contributed by atoms with Crippen LogP contribution in [0.3, 0.4) is 0 Å². The van der Waals surface area contributed by atoms with Gasteiger partial charge in [0, 0.05) is 23.7 Å². The number of hydrogen-bond donors (Lipinski definition) is 1. The predicted octanol–water partition coefficient (Wildman–Crippen LogP) is 2.65. The molecular formula is C21H26O4. The Hall–Kier alpha value is -1.55. The summed E-state index contributed by atoms with van der Waals surface area (Å²) in [5, 5.41) is 9.34. The Morgan fingerprint density at radius 3 is 2.72 bits per heavy atom. The van der Waals surface area contributed by atoms with Crippen molar-refractivity contribution in [3.63, 3.8) is 0 Å². The first kappa shape index (κ1) is 16.9. The fraction of sp³-hybridized carbons (Fsp3) is 0.667. The standard InChI is InChI=1S/C21H26O4/c1-20-8-7-13(23)9-12(20)3-4-14-15-5-6-16(18(25)11-22)21(15,2)10-17(24)19(14)20/h7-9,14-16,19,22H,3-6,10-11H2,1-2H3. The van der Waals surface area contributed by atoms with Gasteiger partial charge in [0.2, 0.25) is 0 Å². The Labute approximate surface area is 148 Å². The van der Waals surface area contributed by atoms with Crippen molar-refractivity contribution in [3.05, 3.63) is 23.8 Å². The highest BCUT2D eigenvalue weighted by atomic mass is 16.3. The Bertz CT molecular complexity index is 717. The monoisotopic (exact) mass is 342 g/mol. The molecule has 25 heavy (non-hydrogen) atoms. The zero-order valence-corrected chi connectivity index (χ0v) is 15.0. The van der Waals surface area contributed by atoms with Gasteiger partial charge in [-0.3, -0.25) is 14.4 Å². The lowest BCUT2D eigenvalue weighted by Crippen LogP contribution is -2.54. The lowest BCUT2D eigenvalue weighted by molar-refractivity contribution is -0.146. The minimum atomic E-state index is -0.426. The average molecular weight is 342 g/mol. The molecule has 0 aromatic rings. The van der Waals surface area contributed by atoms with Crippen LogP contribution in [0.4, 0.5) is 0 Å². The van der Waals surface area contributed by atoms with Crippen LogP contribution in [-0.4, -0.2) is 29.1 Å². The van der Waals surface area contributed by atoms with Crippen molar-refractivity contribution in [2.45, 2.75) is 46.0 Å². The Morgan fingerprint density at radius 2 is 2.00 bits per heavy atom. The molecule has 4 nitrogen and oxygen atoms in total. The van der Waals surface area contributed by atoms with E-state index in [1.165, 1.54) is 0 Å². The number of ketones is 3. The van der Waals surface area contributed by atoms with E-state index in [0.717, 1.165) is 31.3 Å². The minimum Gasteiger partial charge on any atom is -0.389 e. The Kier molecular flexibility index (Phi) is 3.70. The smallest absolute Gasteiger partial charge is 0.178 e. The lowest BCUT2D eigenvalue weighted by Gasteiger charge is -2.55. The number of aliphatic hydroxyl groups excluding tert-OH is 1. The summed E-state index contributed by atoms with van der Waals surface area (Å²) in [5.41, 5.74) is 0.428. The van der Waals surface area contributed by atoms with Crippen LogP contribution in [0.2, 0.25) is 0 Å². The second-order valence-electron chi connectivity index (χ2n) is 8.88. The molecule has 0 amide bonds. The quantitative estimate of drug-likeness (QED) is 0.837. The SMILES string of the molecule is CC12C=CC(=O)C=C1CCC1C2C(=O)CC2(C)C(C(=O)CO)CCC12. The van der Waals surface area contributed by atoms with Crippen molar-refractivity contribution in [1.82, 2.24) is 0 Å². The maximum atomic E-state index is 13.3. The van der Waals surface area contributed by atoms with Gasteiger partial charge in [0.25, 0.3) is 0 Å². The largest absolute Gasteiger partial charge is 0.389 e. The van der Waals surface area contributed by atoms with Crippen LogP contribution in [0.25, 0.3) is 0 Å². The highest BCUT2D eigenvalue weighted by Crippen LogP contribution is 2.64. The van der Waals surface area contributed by atoms with Gasteiger partial charge in [-0.05, 0) is 55.1 Å². The molecule has 4 heteroatoms. The van der Waals surface area contributed by atoms with Gasteiger partial charge in [0.1, 0.15) is 12.4 Å². The van der Waals surface area contributed by atoms with Crippen LogP contribution in [-0.2, 0) is 14.4 Å². The second-order valence-corrected chi connectivity index (χ2v) is 8.88. The second kappa shape index (κ2) is 5.47. The molecule has 0 bridgehead atoms. The zero-order valence-electron chi connectivity index (χ0n) is 15.0. The molecule has 0 aromatic heterocycles. The maximum absolute atomic E-state index is 13.3. The van der Waals surface area contributed by atoms with Crippen LogP contribution in [0.15, 0.2) is 23.8 Å². The van der Waals surface area contributed by atoms with Gasteiger partial charge in [-0.15, -0.1) is 0 Å². The van der Waals surface area contributed by atoms with E-state index in [9.17, 15) is 19.5 Å². The first-order chi connectivity index (χ1) is 11.8. The van der Waals surface area contributed by atoms with Crippen molar-refractivity contribution in [3.8, 4) is 0 Å². The number of aliphatic hydroxyl groups is 1. The summed E-state index contributed by atoms with van der Waals surface area (Å²) < 4.78 is 0. The molecule has 3 fully saturated rings. The van der Waals surface area contributed by atoms with E-state index in [2.05, 4.69) is 13.8 Å². The van der Waals surface area contributed by atoms with Gasteiger partial charge in [-0.25, -0.2) is 0 Å². The van der Waals surface area contributed by atoms with E-state index < -0.39 is 6.61 Å². The van der Waals surface area contributed by atoms with Gasteiger partial charge >= 0.3 is 0 Å².